The van der Waals surface area contributed by atoms with Gasteiger partial charge in [-0.2, -0.15) is 0 Å². The first-order chi connectivity index (χ1) is 4.20. The van der Waals surface area contributed by atoms with Crippen LogP contribution in [0.15, 0.2) is 0 Å². The smallest absolute Gasteiger partial charge is 0.221 e. The van der Waals surface area contributed by atoms with E-state index in [1.165, 1.54) is 0 Å². The Morgan fingerprint density at radius 1 is 1.78 bits per heavy atom. The molecular weight excluding hydrogens is 231 g/mol. The second-order valence-corrected chi connectivity index (χ2v) is 3.62. The van der Waals surface area contributed by atoms with Gasteiger partial charge in [0.15, 0.2) is 0 Å². The van der Waals surface area contributed by atoms with Crippen molar-refractivity contribution in [3.8, 4) is 0 Å². The average Bonchev–Trinajstić information content (AvgIpc) is 2.14. The van der Waals surface area contributed by atoms with Crippen molar-refractivity contribution in [2.45, 2.75) is 6.42 Å². The van der Waals surface area contributed by atoms with Gasteiger partial charge in [-0.05, 0) is 6.42 Å². The molecule has 52 valence electrons. The van der Waals surface area contributed by atoms with Crippen LogP contribution in [-0.2, 0) is 4.79 Å². The van der Waals surface area contributed by atoms with Gasteiger partial charge in [0.05, 0.1) is 5.92 Å². The Hall–Kier alpha value is 0.160. The van der Waals surface area contributed by atoms with E-state index in [9.17, 15) is 4.79 Å². The molecule has 1 aliphatic heterocycles. The highest BCUT2D eigenvalue weighted by Crippen LogP contribution is 2.18. The summed E-state index contributed by atoms with van der Waals surface area (Å²) >= 11 is 2.21. The Morgan fingerprint density at radius 2 is 2.44 bits per heavy atom. The van der Waals surface area contributed by atoms with Crippen LogP contribution in [0.1, 0.15) is 6.42 Å². The summed E-state index contributed by atoms with van der Waals surface area (Å²) in [6.45, 7) is 1.82. The summed E-state index contributed by atoms with van der Waals surface area (Å²) in [5.74, 6) is -0.0592. The fraction of sp³-hybridized carbons (Fsp3) is 0.800. The lowest BCUT2D eigenvalue weighted by Crippen LogP contribution is -2.24. The Morgan fingerprint density at radius 3 is 2.67 bits per heavy atom. The van der Waals surface area contributed by atoms with Crippen LogP contribution in [0.25, 0.3) is 0 Å². The molecule has 3 nitrogen and oxygen atoms in total. The average molecular weight is 240 g/mol. The number of primary amides is 1. The monoisotopic (exact) mass is 240 g/mol. The van der Waals surface area contributed by atoms with Crippen molar-refractivity contribution in [3.05, 3.63) is 0 Å². The molecule has 0 radical (unpaired) electrons. The van der Waals surface area contributed by atoms with Gasteiger partial charge in [-0.25, -0.2) is 3.11 Å². The quantitative estimate of drug-likeness (QED) is 0.523. The molecule has 0 aromatic heterocycles. The Kier molecular flexibility index (Phi) is 2.29. The normalized spacial score (nSPS) is 28.8. The van der Waals surface area contributed by atoms with Crippen LogP contribution in [0, 0.1) is 5.92 Å². The third kappa shape index (κ3) is 1.79. The molecule has 0 unspecified atom stereocenters. The van der Waals surface area contributed by atoms with Crippen molar-refractivity contribution < 1.29 is 4.79 Å². The number of hydrogen-bond acceptors (Lipinski definition) is 2. The maximum Gasteiger partial charge on any atom is 0.221 e. The lowest BCUT2D eigenvalue weighted by atomic mass is 10.1. The van der Waals surface area contributed by atoms with Gasteiger partial charge in [-0.1, -0.05) is 0 Å². The number of carbonyl (C=O) groups excluding carboxylic acids is 1. The summed E-state index contributed by atoms with van der Waals surface area (Å²) < 4.78 is 2.09. The number of halogens is 1. The summed E-state index contributed by atoms with van der Waals surface area (Å²) in [6.07, 6.45) is 0.929. The lowest BCUT2D eigenvalue weighted by Gasteiger charge is -2.02. The molecule has 0 saturated carbocycles. The summed E-state index contributed by atoms with van der Waals surface area (Å²) in [4.78, 5) is 10.5. The van der Waals surface area contributed by atoms with E-state index in [4.69, 9.17) is 5.73 Å². The van der Waals surface area contributed by atoms with E-state index in [1.54, 1.807) is 0 Å². The molecule has 1 aliphatic rings. The van der Waals surface area contributed by atoms with E-state index in [-0.39, 0.29) is 11.8 Å². The van der Waals surface area contributed by atoms with Gasteiger partial charge in [0.25, 0.3) is 0 Å². The van der Waals surface area contributed by atoms with Crippen molar-refractivity contribution in [3.63, 3.8) is 0 Å². The summed E-state index contributed by atoms with van der Waals surface area (Å²) in [7, 11) is 0. The number of carbonyl (C=O) groups is 1. The van der Waals surface area contributed by atoms with Gasteiger partial charge in [0.2, 0.25) is 5.91 Å². The highest BCUT2D eigenvalue weighted by atomic mass is 127. The molecule has 1 saturated heterocycles. The van der Waals surface area contributed by atoms with E-state index in [1.807, 2.05) is 0 Å². The zero-order valence-corrected chi connectivity index (χ0v) is 7.17. The molecule has 0 aromatic rings. The largest absolute Gasteiger partial charge is 0.369 e. The minimum Gasteiger partial charge on any atom is -0.369 e. The van der Waals surface area contributed by atoms with Crippen LogP contribution in [0.2, 0.25) is 0 Å². The number of hydrogen-bond donors (Lipinski definition) is 1. The van der Waals surface area contributed by atoms with Gasteiger partial charge in [-0.15, -0.1) is 0 Å². The van der Waals surface area contributed by atoms with Crippen LogP contribution < -0.4 is 5.73 Å². The van der Waals surface area contributed by atoms with Gasteiger partial charge >= 0.3 is 0 Å². The van der Waals surface area contributed by atoms with Crippen molar-refractivity contribution in [2.75, 3.05) is 13.1 Å². The highest BCUT2D eigenvalue weighted by Gasteiger charge is 2.24. The first-order valence-corrected chi connectivity index (χ1v) is 3.86. The summed E-state index contributed by atoms with van der Waals surface area (Å²) in [6, 6.07) is 0. The SMILES string of the molecule is NC(=O)[C@@H]1CCN(I)C1. The minimum atomic E-state index is -0.158. The third-order valence-corrected chi connectivity index (χ3v) is 2.42. The van der Waals surface area contributed by atoms with Crippen molar-refractivity contribution in [1.82, 2.24) is 3.11 Å². The fourth-order valence-corrected chi connectivity index (χ4v) is 1.70. The number of nitrogens with two attached hydrogens (primary N) is 1. The van der Waals surface area contributed by atoms with Crippen molar-refractivity contribution in [2.24, 2.45) is 11.7 Å². The maximum atomic E-state index is 10.5. The van der Waals surface area contributed by atoms with Crippen LogP contribution in [0.4, 0.5) is 0 Å². The van der Waals surface area contributed by atoms with E-state index in [0.29, 0.717) is 0 Å². The molecule has 1 amide bonds. The molecule has 1 rings (SSSR count). The Balaban J connectivity index is 2.39. The van der Waals surface area contributed by atoms with Gasteiger partial charge < -0.3 is 5.73 Å². The highest BCUT2D eigenvalue weighted by molar-refractivity contribution is 14.1. The van der Waals surface area contributed by atoms with Crippen LogP contribution in [0.3, 0.4) is 0 Å². The summed E-state index contributed by atoms with van der Waals surface area (Å²) in [5, 5.41) is 0. The molecule has 9 heavy (non-hydrogen) atoms. The zero-order chi connectivity index (χ0) is 6.85. The summed E-state index contributed by atoms with van der Waals surface area (Å²) in [5.41, 5.74) is 5.09. The standard InChI is InChI=1S/C5H9IN2O/c6-8-2-1-4(3-8)5(7)9/h4H,1-3H2,(H2,7,9)/t4-/m1/s1. The van der Waals surface area contributed by atoms with E-state index in [2.05, 4.69) is 26.0 Å². The van der Waals surface area contributed by atoms with Gasteiger partial charge in [0.1, 0.15) is 0 Å². The molecule has 1 fully saturated rings. The fourth-order valence-electron chi connectivity index (χ4n) is 0.950. The minimum absolute atomic E-state index is 0.0990. The molecular formula is C5H9IN2O. The number of nitrogens with zero attached hydrogens (tertiary/aromatic N) is 1. The van der Waals surface area contributed by atoms with Crippen LogP contribution in [0.5, 0.6) is 0 Å². The number of rotatable bonds is 1. The van der Waals surface area contributed by atoms with Crippen molar-refractivity contribution in [1.29, 1.82) is 0 Å². The third-order valence-electron chi connectivity index (χ3n) is 1.54. The Bertz CT molecular complexity index is 128. The first kappa shape index (κ1) is 7.27. The van der Waals surface area contributed by atoms with E-state index < -0.39 is 0 Å². The molecule has 0 aliphatic carbocycles. The predicted octanol–water partition coefficient (Wildman–Crippen LogP) is 0.144. The topological polar surface area (TPSA) is 46.3 Å². The van der Waals surface area contributed by atoms with Gasteiger partial charge in [-0.3, -0.25) is 4.79 Å². The predicted molar refractivity (Wildman–Crippen MR) is 42.9 cm³/mol. The molecule has 1 heterocycles. The Labute approximate surface area is 68.1 Å². The molecule has 0 bridgehead atoms. The molecule has 2 N–H and O–H groups in total. The molecule has 0 spiro atoms. The second-order valence-electron chi connectivity index (χ2n) is 2.26. The lowest BCUT2D eigenvalue weighted by molar-refractivity contribution is -0.121. The van der Waals surface area contributed by atoms with E-state index >= 15 is 0 Å². The molecule has 1 atom stereocenters. The second kappa shape index (κ2) is 2.83. The van der Waals surface area contributed by atoms with Crippen molar-refractivity contribution >= 4 is 28.8 Å². The first-order valence-electron chi connectivity index (χ1n) is 2.90. The zero-order valence-electron chi connectivity index (χ0n) is 5.01. The number of amides is 1. The molecule has 4 heteroatoms. The van der Waals surface area contributed by atoms with E-state index in [0.717, 1.165) is 19.5 Å². The maximum absolute atomic E-state index is 10.5. The van der Waals surface area contributed by atoms with Gasteiger partial charge in [0, 0.05) is 36.0 Å². The molecule has 0 aromatic carbocycles. The van der Waals surface area contributed by atoms with Crippen LogP contribution >= 0.6 is 22.9 Å². The van der Waals surface area contributed by atoms with Crippen LogP contribution in [-0.4, -0.2) is 22.1 Å².